The summed E-state index contributed by atoms with van der Waals surface area (Å²) in [5.41, 5.74) is 1.34. The van der Waals surface area contributed by atoms with Crippen LogP contribution in [-0.4, -0.2) is 15.7 Å². The van der Waals surface area contributed by atoms with Gasteiger partial charge in [-0.15, -0.1) is 11.3 Å². The van der Waals surface area contributed by atoms with E-state index in [1.807, 2.05) is 24.3 Å². The van der Waals surface area contributed by atoms with Crippen LogP contribution in [0.15, 0.2) is 54.9 Å². The lowest BCUT2D eigenvalue weighted by Crippen LogP contribution is -2.10. The first-order valence-corrected chi connectivity index (χ1v) is 9.91. The highest BCUT2D eigenvalue weighted by atomic mass is 35.5. The average Bonchev–Trinajstić information content (AvgIpc) is 3.23. The number of aromatic nitrogens is 2. The number of hydrogen-bond acceptors (Lipinski definition) is 3. The summed E-state index contributed by atoms with van der Waals surface area (Å²) >= 11 is 20.1. The van der Waals surface area contributed by atoms with Gasteiger partial charge in [0.1, 0.15) is 4.88 Å². The van der Waals surface area contributed by atoms with E-state index in [0.717, 1.165) is 15.6 Å². The van der Waals surface area contributed by atoms with Crippen LogP contribution < -0.4 is 5.32 Å². The van der Waals surface area contributed by atoms with Crippen molar-refractivity contribution in [3.05, 3.63) is 80.4 Å². The number of thiophene rings is 1. The molecule has 0 fully saturated rings. The summed E-state index contributed by atoms with van der Waals surface area (Å²) in [6.07, 6.45) is 3.29. The third-order valence-electron chi connectivity index (χ3n) is 4.01. The van der Waals surface area contributed by atoms with Crippen LogP contribution in [0.3, 0.4) is 0 Å². The third-order valence-corrected chi connectivity index (χ3v) is 6.40. The van der Waals surface area contributed by atoms with Gasteiger partial charge in [-0.1, -0.05) is 59.1 Å². The second-order valence-corrected chi connectivity index (χ2v) is 8.07. The maximum absolute atomic E-state index is 12.6. The van der Waals surface area contributed by atoms with E-state index >= 15 is 0 Å². The Morgan fingerprint density at radius 3 is 2.56 bits per heavy atom. The van der Waals surface area contributed by atoms with Crippen molar-refractivity contribution in [1.82, 2.24) is 9.78 Å². The van der Waals surface area contributed by atoms with E-state index in [1.165, 1.54) is 11.3 Å². The summed E-state index contributed by atoms with van der Waals surface area (Å²) < 4.78 is 2.63. The Labute approximate surface area is 174 Å². The Hall–Kier alpha value is -2.05. The molecule has 0 aliphatic heterocycles. The molecule has 2 aromatic carbocycles. The molecule has 136 valence electrons. The molecule has 0 saturated heterocycles. The van der Waals surface area contributed by atoms with Crippen LogP contribution >= 0.6 is 46.1 Å². The number of fused-ring (bicyclic) bond motifs is 1. The van der Waals surface area contributed by atoms with E-state index < -0.39 is 0 Å². The van der Waals surface area contributed by atoms with Gasteiger partial charge in [-0.2, -0.15) is 5.10 Å². The molecule has 0 atom stereocenters. The Kier molecular flexibility index (Phi) is 5.10. The van der Waals surface area contributed by atoms with Crippen molar-refractivity contribution in [3.8, 4) is 0 Å². The van der Waals surface area contributed by atoms with Crippen molar-refractivity contribution >= 4 is 67.8 Å². The SMILES string of the molecule is O=C(Nc1cnn(Cc2c(Cl)cccc2Cl)c1)c1sc2ccccc2c1Cl. The van der Waals surface area contributed by atoms with Crippen molar-refractivity contribution < 1.29 is 4.79 Å². The van der Waals surface area contributed by atoms with Crippen LogP contribution in [0.2, 0.25) is 15.1 Å². The molecule has 1 amide bonds. The molecule has 4 aromatic rings. The van der Waals surface area contributed by atoms with E-state index in [1.54, 1.807) is 35.3 Å². The minimum atomic E-state index is -0.267. The molecule has 27 heavy (non-hydrogen) atoms. The number of amides is 1. The standard InChI is InChI=1S/C19H12Cl3N3OS/c20-14-5-3-6-15(21)13(14)10-25-9-11(8-23-25)24-19(26)18-17(22)12-4-1-2-7-16(12)27-18/h1-9H,10H2,(H,24,26). The molecule has 4 nitrogen and oxygen atoms in total. The molecule has 0 aliphatic carbocycles. The summed E-state index contributed by atoms with van der Waals surface area (Å²) in [5.74, 6) is -0.267. The van der Waals surface area contributed by atoms with Gasteiger partial charge in [-0.3, -0.25) is 9.48 Å². The van der Waals surface area contributed by atoms with Crippen molar-refractivity contribution in [2.45, 2.75) is 6.54 Å². The van der Waals surface area contributed by atoms with E-state index in [4.69, 9.17) is 34.8 Å². The molecule has 0 saturated carbocycles. The molecule has 0 radical (unpaired) electrons. The van der Waals surface area contributed by atoms with Gasteiger partial charge in [-0.25, -0.2) is 0 Å². The first-order chi connectivity index (χ1) is 13.0. The molecule has 4 rings (SSSR count). The van der Waals surface area contributed by atoms with Crippen LogP contribution in [0.1, 0.15) is 15.2 Å². The second-order valence-electron chi connectivity index (χ2n) is 5.82. The lowest BCUT2D eigenvalue weighted by atomic mass is 10.2. The molecule has 2 aromatic heterocycles. The molecule has 0 unspecified atom stereocenters. The van der Waals surface area contributed by atoms with Crippen molar-refractivity contribution in [1.29, 1.82) is 0 Å². The lowest BCUT2D eigenvalue weighted by molar-refractivity contribution is 0.103. The second kappa shape index (κ2) is 7.52. The number of nitrogens with one attached hydrogen (secondary N) is 1. The minimum Gasteiger partial charge on any atom is -0.319 e. The smallest absolute Gasteiger partial charge is 0.267 e. The molecule has 1 N–H and O–H groups in total. The fourth-order valence-electron chi connectivity index (χ4n) is 2.71. The normalized spacial score (nSPS) is 11.1. The highest BCUT2D eigenvalue weighted by molar-refractivity contribution is 7.21. The zero-order valence-corrected chi connectivity index (χ0v) is 16.8. The van der Waals surface area contributed by atoms with Crippen LogP contribution in [0.4, 0.5) is 5.69 Å². The fourth-order valence-corrected chi connectivity index (χ4v) is 4.64. The lowest BCUT2D eigenvalue weighted by Gasteiger charge is -2.06. The number of benzene rings is 2. The number of carbonyl (C=O) groups is 1. The Balaban J connectivity index is 1.53. The highest BCUT2D eigenvalue weighted by Crippen LogP contribution is 2.35. The van der Waals surface area contributed by atoms with Crippen molar-refractivity contribution in [3.63, 3.8) is 0 Å². The maximum atomic E-state index is 12.6. The van der Waals surface area contributed by atoms with Crippen LogP contribution in [0.5, 0.6) is 0 Å². The Morgan fingerprint density at radius 2 is 1.81 bits per heavy atom. The van der Waals surface area contributed by atoms with Crippen LogP contribution in [-0.2, 0) is 6.54 Å². The number of anilines is 1. The fraction of sp³-hybridized carbons (Fsp3) is 0.0526. The highest BCUT2D eigenvalue weighted by Gasteiger charge is 2.17. The first kappa shape index (κ1) is 18.3. The van der Waals surface area contributed by atoms with E-state index in [2.05, 4.69) is 10.4 Å². The molecular weight excluding hydrogens is 425 g/mol. The molecule has 0 spiro atoms. The number of nitrogens with zero attached hydrogens (tertiary/aromatic N) is 2. The van der Waals surface area contributed by atoms with Gasteiger partial charge >= 0.3 is 0 Å². The average molecular weight is 437 g/mol. The van der Waals surface area contributed by atoms with Gasteiger partial charge in [0.05, 0.1) is 23.5 Å². The predicted octanol–water partition coefficient (Wildman–Crippen LogP) is 6.36. The third kappa shape index (κ3) is 3.69. The number of carbonyl (C=O) groups excluding carboxylic acids is 1. The Bertz CT molecular complexity index is 1130. The van der Waals surface area contributed by atoms with Gasteiger partial charge in [-0.05, 0) is 18.2 Å². The van der Waals surface area contributed by atoms with Crippen LogP contribution in [0.25, 0.3) is 10.1 Å². The van der Waals surface area contributed by atoms with Gasteiger partial charge in [0, 0.05) is 31.9 Å². The zero-order chi connectivity index (χ0) is 19.0. The summed E-state index contributed by atoms with van der Waals surface area (Å²) in [6.45, 7) is 0.401. The van der Waals surface area contributed by atoms with E-state index in [0.29, 0.717) is 32.2 Å². The summed E-state index contributed by atoms with van der Waals surface area (Å²) in [4.78, 5) is 13.1. The zero-order valence-electron chi connectivity index (χ0n) is 13.7. The van der Waals surface area contributed by atoms with E-state index in [9.17, 15) is 4.79 Å². The quantitative estimate of drug-likeness (QED) is 0.404. The molecule has 2 heterocycles. The van der Waals surface area contributed by atoms with Gasteiger partial charge < -0.3 is 5.32 Å². The summed E-state index contributed by atoms with van der Waals surface area (Å²) in [5, 5.41) is 9.57. The molecular formula is C19H12Cl3N3OS. The van der Waals surface area contributed by atoms with Crippen molar-refractivity contribution in [2.24, 2.45) is 0 Å². The van der Waals surface area contributed by atoms with E-state index in [-0.39, 0.29) is 5.91 Å². The maximum Gasteiger partial charge on any atom is 0.267 e. The molecule has 8 heteroatoms. The van der Waals surface area contributed by atoms with Gasteiger partial charge in [0.15, 0.2) is 0 Å². The van der Waals surface area contributed by atoms with Crippen molar-refractivity contribution in [2.75, 3.05) is 5.32 Å². The summed E-state index contributed by atoms with van der Waals surface area (Å²) in [7, 11) is 0. The minimum absolute atomic E-state index is 0.267. The number of halogens is 3. The Morgan fingerprint density at radius 1 is 1.07 bits per heavy atom. The summed E-state index contributed by atoms with van der Waals surface area (Å²) in [6, 6.07) is 13.0. The monoisotopic (exact) mass is 435 g/mol. The topological polar surface area (TPSA) is 46.9 Å². The van der Waals surface area contributed by atoms with Gasteiger partial charge in [0.25, 0.3) is 5.91 Å². The van der Waals surface area contributed by atoms with Crippen LogP contribution in [0, 0.1) is 0 Å². The number of rotatable bonds is 4. The molecule has 0 aliphatic rings. The largest absolute Gasteiger partial charge is 0.319 e. The first-order valence-electron chi connectivity index (χ1n) is 7.96. The molecule has 0 bridgehead atoms. The predicted molar refractivity (Wildman–Crippen MR) is 113 cm³/mol. The van der Waals surface area contributed by atoms with Gasteiger partial charge in [0.2, 0.25) is 0 Å². The number of hydrogen-bond donors (Lipinski definition) is 1.